The van der Waals surface area contributed by atoms with Crippen molar-refractivity contribution in [2.24, 2.45) is 5.41 Å². The zero-order valence-corrected chi connectivity index (χ0v) is 18.5. The molecule has 34 heavy (non-hydrogen) atoms. The number of aromatic nitrogens is 6. The lowest BCUT2D eigenvalue weighted by Gasteiger charge is -2.59. The normalized spacial score (nSPS) is 26.1. The van der Waals surface area contributed by atoms with Gasteiger partial charge in [0.05, 0.1) is 31.1 Å². The smallest absolute Gasteiger partial charge is 0.375 e. The fourth-order valence-electron chi connectivity index (χ4n) is 5.69. The Bertz CT molecular complexity index is 1120. The van der Waals surface area contributed by atoms with E-state index in [9.17, 15) is 18.0 Å². The molecule has 1 spiro atoms. The van der Waals surface area contributed by atoms with E-state index in [0.29, 0.717) is 30.7 Å². The molecule has 13 heteroatoms. The van der Waals surface area contributed by atoms with E-state index >= 15 is 0 Å². The third-order valence-electron chi connectivity index (χ3n) is 8.23. The van der Waals surface area contributed by atoms with Gasteiger partial charge in [0.1, 0.15) is 6.33 Å². The molecule has 182 valence electrons. The van der Waals surface area contributed by atoms with Gasteiger partial charge in [0.25, 0.3) is 0 Å². The molecule has 10 nitrogen and oxygen atoms in total. The lowest BCUT2D eigenvalue weighted by Crippen LogP contribution is -2.67. The molecule has 0 radical (unpaired) electrons. The summed E-state index contributed by atoms with van der Waals surface area (Å²) in [7, 11) is 0. The van der Waals surface area contributed by atoms with E-state index in [2.05, 4.69) is 20.4 Å². The first-order valence-corrected chi connectivity index (χ1v) is 11.8. The predicted octanol–water partition coefficient (Wildman–Crippen LogP) is 1.89. The van der Waals surface area contributed by atoms with Crippen molar-refractivity contribution < 1.29 is 22.7 Å². The van der Waals surface area contributed by atoms with Crippen LogP contribution in [0.15, 0.2) is 12.5 Å². The van der Waals surface area contributed by atoms with Gasteiger partial charge in [0.15, 0.2) is 5.82 Å². The van der Waals surface area contributed by atoms with Crippen LogP contribution in [0.2, 0.25) is 0 Å². The number of amides is 2. The SMILES string of the molecule is O=C(N1CC(c2cn(C3(C(F)(F)F)COC3)nn2)C1)N1CC2(CC(n3cnc(C4CC4)n3)C2)C1. The van der Waals surface area contributed by atoms with Crippen LogP contribution in [0, 0.1) is 5.41 Å². The number of hydrogen-bond donors (Lipinski definition) is 0. The second-order valence-electron chi connectivity index (χ2n) is 10.8. The van der Waals surface area contributed by atoms with Crippen LogP contribution in [0.1, 0.15) is 55.1 Å². The molecular weight excluding hydrogens is 453 g/mol. The number of hydrogen-bond acceptors (Lipinski definition) is 6. The van der Waals surface area contributed by atoms with Gasteiger partial charge < -0.3 is 14.5 Å². The predicted molar refractivity (Wildman–Crippen MR) is 109 cm³/mol. The minimum absolute atomic E-state index is 0.00588. The van der Waals surface area contributed by atoms with Crippen molar-refractivity contribution in [2.45, 2.75) is 55.3 Å². The highest BCUT2D eigenvalue weighted by Gasteiger charge is 2.63. The Morgan fingerprint density at radius 3 is 2.44 bits per heavy atom. The summed E-state index contributed by atoms with van der Waals surface area (Å²) in [6.07, 6.45) is 3.15. The molecule has 5 fully saturated rings. The van der Waals surface area contributed by atoms with Crippen LogP contribution in [0.25, 0.3) is 0 Å². The topological polar surface area (TPSA) is 94.2 Å². The molecule has 5 aliphatic rings. The zero-order valence-electron chi connectivity index (χ0n) is 18.5. The van der Waals surface area contributed by atoms with E-state index in [4.69, 9.17) is 4.74 Å². The number of halogens is 3. The molecule has 2 aliphatic carbocycles. The number of alkyl halides is 3. The molecule has 0 unspecified atom stereocenters. The highest BCUT2D eigenvalue weighted by molar-refractivity contribution is 5.76. The average molecular weight is 478 g/mol. The second kappa shape index (κ2) is 6.70. The van der Waals surface area contributed by atoms with Crippen molar-refractivity contribution >= 4 is 6.03 Å². The number of rotatable bonds is 4. The van der Waals surface area contributed by atoms with Gasteiger partial charge in [-0.05, 0) is 25.7 Å². The summed E-state index contributed by atoms with van der Waals surface area (Å²) in [6.45, 7) is 1.48. The van der Waals surface area contributed by atoms with Crippen molar-refractivity contribution in [3.05, 3.63) is 24.0 Å². The van der Waals surface area contributed by atoms with Crippen molar-refractivity contribution in [3.8, 4) is 0 Å². The summed E-state index contributed by atoms with van der Waals surface area (Å²) >= 11 is 0. The minimum atomic E-state index is -4.46. The monoisotopic (exact) mass is 478 g/mol. The van der Waals surface area contributed by atoms with E-state index in [0.717, 1.165) is 36.4 Å². The van der Waals surface area contributed by atoms with Gasteiger partial charge in [-0.15, -0.1) is 5.10 Å². The van der Waals surface area contributed by atoms with Crippen LogP contribution in [0.3, 0.4) is 0 Å². The summed E-state index contributed by atoms with van der Waals surface area (Å²) in [5, 5.41) is 12.3. The molecule has 2 amide bonds. The lowest BCUT2D eigenvalue weighted by atomic mass is 9.61. The number of carbonyl (C=O) groups is 1. The Morgan fingerprint density at radius 1 is 1.09 bits per heavy atom. The largest absolute Gasteiger partial charge is 0.418 e. The van der Waals surface area contributed by atoms with Gasteiger partial charge in [-0.1, -0.05) is 5.21 Å². The second-order valence-corrected chi connectivity index (χ2v) is 10.8. The van der Waals surface area contributed by atoms with E-state index in [1.165, 1.54) is 19.0 Å². The summed E-state index contributed by atoms with van der Waals surface area (Å²) in [5.41, 5.74) is -1.45. The van der Waals surface area contributed by atoms with Gasteiger partial charge in [0, 0.05) is 43.4 Å². The molecule has 0 bridgehead atoms. The van der Waals surface area contributed by atoms with Crippen molar-refractivity contribution in [1.29, 1.82) is 0 Å². The Labute approximate surface area is 193 Å². The third kappa shape index (κ3) is 2.94. The molecule has 0 N–H and O–H groups in total. The Balaban J connectivity index is 0.904. The van der Waals surface area contributed by atoms with E-state index in [1.807, 2.05) is 15.9 Å². The highest BCUT2D eigenvalue weighted by atomic mass is 19.4. The number of nitrogens with zero attached hydrogens (tertiary/aromatic N) is 8. The Morgan fingerprint density at radius 2 is 1.82 bits per heavy atom. The number of ether oxygens (including phenoxy) is 1. The minimum Gasteiger partial charge on any atom is -0.375 e. The Hall–Kier alpha value is -2.70. The third-order valence-corrected chi connectivity index (χ3v) is 8.23. The average Bonchev–Trinajstić information content (AvgIpc) is 3.18. The van der Waals surface area contributed by atoms with Crippen LogP contribution in [0.4, 0.5) is 18.0 Å². The summed E-state index contributed by atoms with van der Waals surface area (Å²) in [6, 6.07) is 0.364. The van der Waals surface area contributed by atoms with Crippen LogP contribution in [0.5, 0.6) is 0 Å². The summed E-state index contributed by atoms with van der Waals surface area (Å²) in [5.74, 6) is 1.42. The molecule has 0 aromatic carbocycles. The first-order valence-electron chi connectivity index (χ1n) is 11.8. The first kappa shape index (κ1) is 20.7. The zero-order chi connectivity index (χ0) is 23.3. The van der Waals surface area contributed by atoms with Gasteiger partial charge in [0.2, 0.25) is 5.54 Å². The van der Waals surface area contributed by atoms with Gasteiger partial charge in [-0.2, -0.15) is 18.3 Å². The highest BCUT2D eigenvalue weighted by Crippen LogP contribution is 2.54. The molecule has 7 rings (SSSR count). The maximum Gasteiger partial charge on any atom is 0.418 e. The quantitative estimate of drug-likeness (QED) is 0.666. The van der Waals surface area contributed by atoms with Crippen molar-refractivity contribution in [1.82, 2.24) is 39.6 Å². The summed E-state index contributed by atoms with van der Waals surface area (Å²) < 4.78 is 48.1. The summed E-state index contributed by atoms with van der Waals surface area (Å²) in [4.78, 5) is 20.9. The number of likely N-dealkylation sites (tertiary alicyclic amines) is 2. The first-order chi connectivity index (χ1) is 16.3. The number of urea groups is 1. The van der Waals surface area contributed by atoms with Crippen molar-refractivity contribution in [2.75, 3.05) is 39.4 Å². The van der Waals surface area contributed by atoms with E-state index in [-0.39, 0.29) is 17.4 Å². The standard InChI is InChI=1S/C21H25F3N8O2/c22-21(23,24)20(10-34-11-20)32-7-16(26-28-32)14-5-29(6-14)18(33)30-8-19(9-30)3-15(4-19)31-12-25-17(27-31)13-1-2-13/h7,12-15H,1-6,8-11H2. The van der Waals surface area contributed by atoms with Crippen LogP contribution < -0.4 is 0 Å². The molecule has 5 heterocycles. The van der Waals surface area contributed by atoms with Crippen LogP contribution in [-0.4, -0.2) is 91.2 Å². The van der Waals surface area contributed by atoms with Gasteiger partial charge in [-0.3, -0.25) is 0 Å². The van der Waals surface area contributed by atoms with Crippen molar-refractivity contribution in [3.63, 3.8) is 0 Å². The number of carbonyl (C=O) groups excluding carboxylic acids is 1. The molecule has 0 atom stereocenters. The van der Waals surface area contributed by atoms with Gasteiger partial charge in [-0.25, -0.2) is 19.1 Å². The molecule has 2 aromatic rings. The van der Waals surface area contributed by atoms with E-state index in [1.54, 1.807) is 4.90 Å². The molecule has 2 aromatic heterocycles. The Kier molecular flexibility index (Phi) is 4.07. The molecule has 3 saturated heterocycles. The van der Waals surface area contributed by atoms with Gasteiger partial charge >= 0.3 is 12.2 Å². The van der Waals surface area contributed by atoms with Crippen LogP contribution >= 0.6 is 0 Å². The fourth-order valence-corrected chi connectivity index (χ4v) is 5.69. The maximum absolute atomic E-state index is 13.5. The fraction of sp³-hybridized carbons (Fsp3) is 0.762. The molecule has 3 aliphatic heterocycles. The maximum atomic E-state index is 13.5. The van der Waals surface area contributed by atoms with Crippen LogP contribution in [-0.2, 0) is 10.3 Å². The molecule has 2 saturated carbocycles. The lowest BCUT2D eigenvalue weighted by molar-refractivity contribution is -0.294. The van der Waals surface area contributed by atoms with E-state index < -0.39 is 24.9 Å². The molecular formula is C21H25F3N8O2.